The molecule has 1 aliphatic heterocycles. The number of para-hydroxylation sites is 2. The maximum atomic E-state index is 11.1. The average Bonchev–Trinajstić information content (AvgIpc) is 3.38. The molecule has 0 unspecified atom stereocenters. The number of nitriles is 1. The molecule has 8 nitrogen and oxygen atoms in total. The molecule has 2 aromatic carbocycles. The summed E-state index contributed by atoms with van der Waals surface area (Å²) in [4.78, 5) is 10.6. The summed E-state index contributed by atoms with van der Waals surface area (Å²) < 4.78 is 11.1. The predicted octanol–water partition coefficient (Wildman–Crippen LogP) is 4.63. The second kappa shape index (κ2) is 7.40. The van der Waals surface area contributed by atoms with E-state index in [4.69, 9.17) is 9.15 Å². The first-order valence-corrected chi connectivity index (χ1v) is 8.75. The van der Waals surface area contributed by atoms with E-state index in [9.17, 15) is 15.4 Å². The van der Waals surface area contributed by atoms with Crippen molar-refractivity contribution in [2.75, 3.05) is 17.7 Å². The van der Waals surface area contributed by atoms with Gasteiger partial charge in [-0.2, -0.15) is 5.26 Å². The molecule has 2 heterocycles. The molecule has 0 amide bonds. The number of rotatable bonds is 5. The van der Waals surface area contributed by atoms with Crippen LogP contribution in [0.4, 0.5) is 17.1 Å². The number of nitrogens with one attached hydrogen (secondary N) is 2. The van der Waals surface area contributed by atoms with Crippen molar-refractivity contribution in [3.05, 3.63) is 76.0 Å². The molecule has 0 saturated heterocycles. The second-order valence-electron chi connectivity index (χ2n) is 6.32. The molecule has 144 valence electrons. The van der Waals surface area contributed by atoms with Gasteiger partial charge in [0.05, 0.1) is 40.6 Å². The van der Waals surface area contributed by atoms with Gasteiger partial charge in [0.1, 0.15) is 23.4 Å². The minimum absolute atomic E-state index is 0.0656. The quantitative estimate of drug-likeness (QED) is 0.372. The van der Waals surface area contributed by atoms with E-state index >= 15 is 0 Å². The van der Waals surface area contributed by atoms with E-state index in [1.54, 1.807) is 18.2 Å². The Hall–Kier alpha value is -4.25. The van der Waals surface area contributed by atoms with Gasteiger partial charge in [0.25, 0.3) is 5.69 Å². The van der Waals surface area contributed by atoms with Crippen LogP contribution in [-0.4, -0.2) is 18.2 Å². The van der Waals surface area contributed by atoms with Gasteiger partial charge in [0, 0.05) is 12.1 Å². The Balaban J connectivity index is 1.63. The fourth-order valence-corrected chi connectivity index (χ4v) is 3.15. The standard InChI is InChI=1S/C21H16N4O4/c1-28-19-8-6-14(25(26)27)11-16(19)20-9-7-15(29-20)10-13(12-22)21-23-17-4-2-3-5-18(17)24-21/h2-11,21,23-24H,1H3/b13-10+. The Morgan fingerprint density at radius 2 is 1.93 bits per heavy atom. The van der Waals surface area contributed by atoms with Crippen LogP contribution in [0, 0.1) is 21.4 Å². The summed E-state index contributed by atoms with van der Waals surface area (Å²) >= 11 is 0. The van der Waals surface area contributed by atoms with E-state index in [0.29, 0.717) is 28.4 Å². The summed E-state index contributed by atoms with van der Waals surface area (Å²) in [6.45, 7) is 0. The van der Waals surface area contributed by atoms with E-state index in [0.717, 1.165) is 11.4 Å². The predicted molar refractivity (Wildman–Crippen MR) is 108 cm³/mol. The van der Waals surface area contributed by atoms with Crippen molar-refractivity contribution in [1.82, 2.24) is 0 Å². The number of hydrogen-bond acceptors (Lipinski definition) is 7. The van der Waals surface area contributed by atoms with Gasteiger partial charge in [0.2, 0.25) is 0 Å². The number of benzene rings is 2. The maximum Gasteiger partial charge on any atom is 0.270 e. The van der Waals surface area contributed by atoms with Crippen molar-refractivity contribution in [3.8, 4) is 23.1 Å². The molecule has 0 spiro atoms. The van der Waals surface area contributed by atoms with Crippen LogP contribution in [0.2, 0.25) is 0 Å². The number of furan rings is 1. The highest BCUT2D eigenvalue weighted by Crippen LogP contribution is 2.35. The highest BCUT2D eigenvalue weighted by atomic mass is 16.6. The highest BCUT2D eigenvalue weighted by Gasteiger charge is 2.23. The van der Waals surface area contributed by atoms with E-state index in [1.807, 2.05) is 24.3 Å². The van der Waals surface area contributed by atoms with Gasteiger partial charge in [-0.3, -0.25) is 10.1 Å². The number of nitro benzene ring substituents is 1. The first kappa shape index (κ1) is 18.1. The lowest BCUT2D eigenvalue weighted by Crippen LogP contribution is -2.23. The number of methoxy groups -OCH3 is 1. The molecule has 3 aromatic rings. The Labute approximate surface area is 166 Å². The van der Waals surface area contributed by atoms with Crippen molar-refractivity contribution in [1.29, 1.82) is 5.26 Å². The smallest absolute Gasteiger partial charge is 0.270 e. The minimum atomic E-state index is -0.477. The number of hydrogen-bond donors (Lipinski definition) is 2. The fraction of sp³-hybridized carbons (Fsp3) is 0.0952. The third-order valence-electron chi connectivity index (χ3n) is 4.55. The first-order valence-electron chi connectivity index (χ1n) is 8.75. The van der Waals surface area contributed by atoms with Gasteiger partial charge < -0.3 is 19.8 Å². The van der Waals surface area contributed by atoms with Gasteiger partial charge in [-0.1, -0.05) is 12.1 Å². The van der Waals surface area contributed by atoms with Gasteiger partial charge >= 0.3 is 0 Å². The third-order valence-corrected chi connectivity index (χ3v) is 4.55. The molecule has 2 N–H and O–H groups in total. The third kappa shape index (κ3) is 3.49. The normalized spacial score (nSPS) is 13.2. The summed E-state index contributed by atoms with van der Waals surface area (Å²) in [6, 6.07) is 17.5. The molecule has 0 fully saturated rings. The van der Waals surface area contributed by atoms with Crippen LogP contribution >= 0.6 is 0 Å². The molecular formula is C21H16N4O4. The van der Waals surface area contributed by atoms with E-state index in [1.165, 1.54) is 25.3 Å². The van der Waals surface area contributed by atoms with Crippen LogP contribution < -0.4 is 15.4 Å². The van der Waals surface area contributed by atoms with Gasteiger partial charge in [-0.05, 0) is 36.4 Å². The molecule has 4 rings (SSSR count). The second-order valence-corrected chi connectivity index (χ2v) is 6.32. The number of anilines is 2. The van der Waals surface area contributed by atoms with Crippen LogP contribution in [-0.2, 0) is 0 Å². The molecule has 0 atom stereocenters. The minimum Gasteiger partial charge on any atom is -0.496 e. The number of nitro groups is 1. The fourth-order valence-electron chi connectivity index (χ4n) is 3.15. The molecule has 1 aliphatic rings. The average molecular weight is 388 g/mol. The lowest BCUT2D eigenvalue weighted by molar-refractivity contribution is -0.384. The summed E-state index contributed by atoms with van der Waals surface area (Å²) in [5, 5.41) is 27.2. The molecule has 0 radical (unpaired) electrons. The number of ether oxygens (including phenoxy) is 1. The van der Waals surface area contributed by atoms with Crippen LogP contribution in [0.25, 0.3) is 17.4 Å². The van der Waals surface area contributed by atoms with Crippen LogP contribution in [0.3, 0.4) is 0 Å². The Bertz CT molecular complexity index is 1130. The Morgan fingerprint density at radius 3 is 2.55 bits per heavy atom. The number of nitrogens with zero attached hydrogens (tertiary/aromatic N) is 2. The molecule has 0 saturated carbocycles. The largest absolute Gasteiger partial charge is 0.496 e. The topological polar surface area (TPSA) is 113 Å². The Kier molecular flexibility index (Phi) is 4.63. The summed E-state index contributed by atoms with van der Waals surface area (Å²) in [5.41, 5.74) is 2.67. The van der Waals surface area contributed by atoms with Crippen LogP contribution in [0.15, 0.2) is 64.6 Å². The summed E-state index contributed by atoms with van der Waals surface area (Å²) in [6.07, 6.45) is 1.25. The van der Waals surface area contributed by atoms with Crippen molar-refractivity contribution < 1.29 is 14.1 Å². The molecular weight excluding hydrogens is 372 g/mol. The zero-order chi connectivity index (χ0) is 20.4. The molecule has 0 bridgehead atoms. The molecule has 8 heteroatoms. The maximum absolute atomic E-state index is 11.1. The van der Waals surface area contributed by atoms with E-state index in [-0.39, 0.29) is 11.9 Å². The SMILES string of the molecule is COc1ccc([N+](=O)[O-])cc1-c1ccc(/C=C(\C#N)C2Nc3ccccc3N2)o1. The zero-order valence-electron chi connectivity index (χ0n) is 15.4. The van der Waals surface area contributed by atoms with Crippen molar-refractivity contribution in [2.45, 2.75) is 6.17 Å². The van der Waals surface area contributed by atoms with Crippen molar-refractivity contribution in [2.24, 2.45) is 0 Å². The van der Waals surface area contributed by atoms with E-state index in [2.05, 4.69) is 16.7 Å². The number of non-ortho nitro benzene ring substituents is 1. The molecule has 29 heavy (non-hydrogen) atoms. The molecule has 1 aromatic heterocycles. The summed E-state index contributed by atoms with van der Waals surface area (Å²) in [5.74, 6) is 1.31. The lowest BCUT2D eigenvalue weighted by atomic mass is 10.1. The van der Waals surface area contributed by atoms with Crippen LogP contribution in [0.5, 0.6) is 5.75 Å². The zero-order valence-corrected chi connectivity index (χ0v) is 15.4. The van der Waals surface area contributed by atoms with Crippen LogP contribution in [0.1, 0.15) is 5.76 Å². The van der Waals surface area contributed by atoms with Crippen molar-refractivity contribution in [3.63, 3.8) is 0 Å². The number of fused-ring (bicyclic) bond motifs is 1. The summed E-state index contributed by atoms with van der Waals surface area (Å²) in [7, 11) is 1.48. The lowest BCUT2D eigenvalue weighted by Gasteiger charge is -2.10. The van der Waals surface area contributed by atoms with E-state index < -0.39 is 4.92 Å². The Morgan fingerprint density at radius 1 is 1.21 bits per heavy atom. The molecule has 0 aliphatic carbocycles. The van der Waals surface area contributed by atoms with Crippen molar-refractivity contribution >= 4 is 23.1 Å². The van der Waals surface area contributed by atoms with Gasteiger partial charge in [-0.25, -0.2) is 0 Å². The highest BCUT2D eigenvalue weighted by molar-refractivity contribution is 5.78. The monoisotopic (exact) mass is 388 g/mol. The van der Waals surface area contributed by atoms with Gasteiger partial charge in [-0.15, -0.1) is 0 Å². The van der Waals surface area contributed by atoms with Gasteiger partial charge in [0.15, 0.2) is 0 Å². The first-order chi connectivity index (χ1) is 14.1.